The Hall–Kier alpha value is -0.220. The highest BCUT2D eigenvalue weighted by Gasteiger charge is 2.38. The highest BCUT2D eigenvalue weighted by molar-refractivity contribution is 7.99. The van der Waals surface area contributed by atoms with Crippen LogP contribution in [0, 0.1) is 0 Å². The van der Waals surface area contributed by atoms with Crippen LogP contribution in [0.4, 0.5) is 0 Å². The first-order valence-corrected chi connectivity index (χ1v) is 7.75. The third-order valence-corrected chi connectivity index (χ3v) is 4.68. The maximum atomic E-state index is 12.3. The minimum atomic E-state index is 0.0441. The summed E-state index contributed by atoms with van der Waals surface area (Å²) in [4.78, 5) is 14.3. The first-order valence-electron chi connectivity index (χ1n) is 6.53. The van der Waals surface area contributed by atoms with E-state index in [9.17, 15) is 4.79 Å². The topological polar surface area (TPSA) is 32.3 Å². The van der Waals surface area contributed by atoms with Crippen molar-refractivity contribution in [3.63, 3.8) is 0 Å². The molecule has 2 atom stereocenters. The number of carbonyl (C=O) groups excluding carboxylic acids is 1. The van der Waals surface area contributed by atoms with E-state index < -0.39 is 0 Å². The van der Waals surface area contributed by atoms with Crippen LogP contribution in [0.5, 0.6) is 0 Å². The van der Waals surface area contributed by atoms with E-state index in [4.69, 9.17) is 0 Å². The molecule has 4 heteroatoms. The summed E-state index contributed by atoms with van der Waals surface area (Å²) in [5.74, 6) is 0.285. The van der Waals surface area contributed by atoms with Gasteiger partial charge in [-0.15, -0.1) is 0 Å². The number of carbonyl (C=O) groups is 1. The summed E-state index contributed by atoms with van der Waals surface area (Å²) in [6, 6.07) is 0.0441. The lowest BCUT2D eigenvalue weighted by atomic mass is 10.1. The van der Waals surface area contributed by atoms with Gasteiger partial charge in [-0.05, 0) is 33.4 Å². The first-order chi connectivity index (χ1) is 7.91. The van der Waals surface area contributed by atoms with Gasteiger partial charge in [0, 0.05) is 11.3 Å². The molecule has 1 heterocycles. The Morgan fingerprint density at radius 2 is 2.12 bits per heavy atom. The van der Waals surface area contributed by atoms with E-state index in [0.29, 0.717) is 0 Å². The number of nitrogens with one attached hydrogen (secondary N) is 1. The highest BCUT2D eigenvalue weighted by atomic mass is 32.2. The number of unbranched alkanes of at least 4 members (excludes halogenated alkanes) is 1. The van der Waals surface area contributed by atoms with Crippen molar-refractivity contribution in [1.82, 2.24) is 10.2 Å². The van der Waals surface area contributed by atoms with Crippen molar-refractivity contribution in [3.8, 4) is 0 Å². The molecule has 17 heavy (non-hydrogen) atoms. The average molecular weight is 258 g/mol. The second-order valence-corrected chi connectivity index (χ2v) is 6.98. The molecule has 1 amide bonds. The van der Waals surface area contributed by atoms with E-state index >= 15 is 0 Å². The molecule has 2 unspecified atom stereocenters. The fraction of sp³-hybridized carbons (Fsp3) is 0.923. The Labute approximate surface area is 110 Å². The summed E-state index contributed by atoms with van der Waals surface area (Å²) >= 11 is 1.82. The molecule has 1 aliphatic heterocycles. The van der Waals surface area contributed by atoms with Crippen LogP contribution in [0.1, 0.15) is 47.0 Å². The predicted molar refractivity (Wildman–Crippen MR) is 75.2 cm³/mol. The van der Waals surface area contributed by atoms with E-state index in [0.717, 1.165) is 25.8 Å². The Kier molecular flexibility index (Phi) is 5.32. The Balaban J connectivity index is 2.59. The minimum absolute atomic E-state index is 0.0441. The van der Waals surface area contributed by atoms with E-state index in [1.165, 1.54) is 0 Å². The van der Waals surface area contributed by atoms with Gasteiger partial charge >= 0.3 is 0 Å². The summed E-state index contributed by atoms with van der Waals surface area (Å²) in [5, 5.41) is 3.40. The van der Waals surface area contributed by atoms with Gasteiger partial charge in [0.25, 0.3) is 0 Å². The normalized spacial score (nSPS) is 25.7. The summed E-state index contributed by atoms with van der Waals surface area (Å²) in [6.45, 7) is 9.45. The Morgan fingerprint density at radius 3 is 2.65 bits per heavy atom. The van der Waals surface area contributed by atoms with Crippen molar-refractivity contribution in [2.75, 3.05) is 12.8 Å². The number of nitrogens with zero attached hydrogens (tertiary/aromatic N) is 1. The summed E-state index contributed by atoms with van der Waals surface area (Å²) in [6.07, 6.45) is 5.52. The lowest BCUT2D eigenvalue weighted by Gasteiger charge is -2.30. The molecule has 0 aliphatic carbocycles. The zero-order valence-electron chi connectivity index (χ0n) is 11.7. The second-order valence-electron chi connectivity index (χ2n) is 5.47. The Morgan fingerprint density at radius 1 is 1.47 bits per heavy atom. The maximum Gasteiger partial charge on any atom is 0.241 e. The molecule has 1 N–H and O–H groups in total. The van der Waals surface area contributed by atoms with Crippen LogP contribution < -0.4 is 5.32 Å². The first kappa shape index (κ1) is 14.8. The van der Waals surface area contributed by atoms with Gasteiger partial charge in [-0.2, -0.15) is 11.8 Å². The molecule has 0 radical (unpaired) electrons. The largest absolute Gasteiger partial charge is 0.325 e. The number of amides is 1. The summed E-state index contributed by atoms with van der Waals surface area (Å²) < 4.78 is 0.130. The summed E-state index contributed by atoms with van der Waals surface area (Å²) in [7, 11) is 0. The van der Waals surface area contributed by atoms with Crippen LogP contribution in [0.2, 0.25) is 0 Å². The van der Waals surface area contributed by atoms with Crippen LogP contribution in [-0.4, -0.2) is 40.6 Å². The average Bonchev–Trinajstić information content (AvgIpc) is 2.54. The molecule has 1 fully saturated rings. The van der Waals surface area contributed by atoms with E-state index in [-0.39, 0.29) is 22.9 Å². The lowest BCUT2D eigenvalue weighted by Crippen LogP contribution is -2.42. The minimum Gasteiger partial charge on any atom is -0.325 e. The van der Waals surface area contributed by atoms with Crippen LogP contribution >= 0.6 is 11.8 Å². The fourth-order valence-electron chi connectivity index (χ4n) is 2.15. The number of hydrogen-bond donors (Lipinski definition) is 1. The van der Waals surface area contributed by atoms with Crippen molar-refractivity contribution in [3.05, 3.63) is 0 Å². The molecule has 1 saturated heterocycles. The van der Waals surface area contributed by atoms with Gasteiger partial charge in [0.05, 0.1) is 12.2 Å². The molecule has 0 aromatic rings. The number of thioether (sulfide) groups is 1. The van der Waals surface area contributed by atoms with Gasteiger partial charge in [0.1, 0.15) is 0 Å². The standard InChI is InChI=1S/C13H26N2OS/c1-6-7-8-11-12(16)15(10(2)14-11)9-13(3,4)17-5/h10-11,14H,6-9H2,1-5H3. The molecule has 100 valence electrons. The van der Waals surface area contributed by atoms with Crippen molar-refractivity contribution < 1.29 is 4.79 Å². The van der Waals surface area contributed by atoms with Gasteiger partial charge in [-0.1, -0.05) is 19.8 Å². The van der Waals surface area contributed by atoms with E-state index in [1.807, 2.05) is 16.7 Å². The van der Waals surface area contributed by atoms with Gasteiger partial charge in [0.2, 0.25) is 5.91 Å². The SMILES string of the molecule is CCCCC1NC(C)N(CC(C)(C)SC)C1=O. The molecule has 0 bridgehead atoms. The van der Waals surface area contributed by atoms with Gasteiger partial charge in [-0.3, -0.25) is 10.1 Å². The quantitative estimate of drug-likeness (QED) is 0.794. The van der Waals surface area contributed by atoms with Crippen LogP contribution in [0.15, 0.2) is 0 Å². The third kappa shape index (κ3) is 3.88. The zero-order valence-corrected chi connectivity index (χ0v) is 12.6. The molecule has 0 aromatic carbocycles. The Bertz CT molecular complexity index is 268. The van der Waals surface area contributed by atoms with Crippen molar-refractivity contribution >= 4 is 17.7 Å². The molecule has 1 aliphatic rings. The van der Waals surface area contributed by atoms with Crippen LogP contribution in [0.25, 0.3) is 0 Å². The molecular weight excluding hydrogens is 232 g/mol. The van der Waals surface area contributed by atoms with Crippen LogP contribution in [0.3, 0.4) is 0 Å². The molecule has 0 aromatic heterocycles. The van der Waals surface area contributed by atoms with Crippen molar-refractivity contribution in [2.24, 2.45) is 0 Å². The van der Waals surface area contributed by atoms with Crippen molar-refractivity contribution in [1.29, 1.82) is 0 Å². The van der Waals surface area contributed by atoms with Crippen molar-refractivity contribution in [2.45, 2.75) is 63.9 Å². The molecule has 0 saturated carbocycles. The van der Waals surface area contributed by atoms with Gasteiger partial charge in [-0.25, -0.2) is 0 Å². The van der Waals surface area contributed by atoms with E-state index in [1.54, 1.807) is 0 Å². The number of rotatable bonds is 6. The molecule has 1 rings (SSSR count). The molecule has 0 spiro atoms. The smallest absolute Gasteiger partial charge is 0.241 e. The lowest BCUT2D eigenvalue weighted by molar-refractivity contribution is -0.130. The third-order valence-electron chi connectivity index (χ3n) is 3.44. The predicted octanol–water partition coefficient (Wildman–Crippen LogP) is 2.46. The van der Waals surface area contributed by atoms with Gasteiger partial charge in [0.15, 0.2) is 0 Å². The van der Waals surface area contributed by atoms with Gasteiger partial charge < -0.3 is 4.90 Å². The monoisotopic (exact) mass is 258 g/mol. The summed E-state index contributed by atoms with van der Waals surface area (Å²) in [5.41, 5.74) is 0. The van der Waals surface area contributed by atoms with E-state index in [2.05, 4.69) is 39.3 Å². The second kappa shape index (κ2) is 6.10. The zero-order chi connectivity index (χ0) is 13.1. The molecule has 3 nitrogen and oxygen atoms in total. The fourth-order valence-corrected chi connectivity index (χ4v) is 2.42. The number of hydrogen-bond acceptors (Lipinski definition) is 3. The maximum absolute atomic E-state index is 12.3. The molecular formula is C13H26N2OS. The van der Waals surface area contributed by atoms with Crippen LogP contribution in [-0.2, 0) is 4.79 Å². The highest BCUT2D eigenvalue weighted by Crippen LogP contribution is 2.26.